The van der Waals surface area contributed by atoms with Gasteiger partial charge in [0.25, 0.3) is 0 Å². The van der Waals surface area contributed by atoms with E-state index < -0.39 is 22.6 Å². The van der Waals surface area contributed by atoms with Crippen molar-refractivity contribution >= 4 is 24.2 Å². The maximum absolute atomic E-state index is 11.3. The van der Waals surface area contributed by atoms with Crippen LogP contribution in [0, 0.1) is 10.8 Å². The van der Waals surface area contributed by atoms with E-state index in [-0.39, 0.29) is 13.2 Å². The van der Waals surface area contributed by atoms with E-state index in [0.717, 1.165) is 0 Å². The summed E-state index contributed by atoms with van der Waals surface area (Å²) in [7, 11) is 0. The lowest BCUT2D eigenvalue weighted by Gasteiger charge is -2.14. The molecule has 114 valence electrons. The second-order valence-corrected chi connectivity index (χ2v) is 5.69. The van der Waals surface area contributed by atoms with Crippen LogP contribution in [0.2, 0.25) is 0 Å². The van der Waals surface area contributed by atoms with Gasteiger partial charge in [-0.05, 0) is 0 Å². The van der Waals surface area contributed by atoms with Crippen molar-refractivity contribution in [1.82, 2.24) is 10.9 Å². The molecule has 0 aliphatic heterocycles. The van der Waals surface area contributed by atoms with Crippen molar-refractivity contribution in [3.8, 4) is 0 Å². The van der Waals surface area contributed by atoms with E-state index in [9.17, 15) is 9.59 Å². The predicted octanol–water partition coefficient (Wildman–Crippen LogP) is -0.773. The van der Waals surface area contributed by atoms with Gasteiger partial charge in [-0.2, -0.15) is 10.2 Å². The van der Waals surface area contributed by atoms with Gasteiger partial charge in [0, 0.05) is 23.3 Å². The summed E-state index contributed by atoms with van der Waals surface area (Å²) in [4.78, 5) is 22.6. The summed E-state index contributed by atoms with van der Waals surface area (Å²) in [6, 6.07) is 0. The first-order chi connectivity index (χ1) is 9.13. The number of hydrogen-bond donors (Lipinski definition) is 4. The molecule has 8 nitrogen and oxygen atoms in total. The van der Waals surface area contributed by atoms with Crippen LogP contribution in [0.1, 0.15) is 27.7 Å². The smallest absolute Gasteiger partial charge is 0.331 e. The summed E-state index contributed by atoms with van der Waals surface area (Å²) < 4.78 is 0. The quantitative estimate of drug-likeness (QED) is 0.291. The van der Waals surface area contributed by atoms with E-state index in [1.165, 1.54) is 12.4 Å². The molecule has 0 spiro atoms. The fourth-order valence-corrected chi connectivity index (χ4v) is 0.714. The Bertz CT molecular complexity index is 364. The molecule has 0 atom stereocenters. The lowest BCUT2D eigenvalue weighted by molar-refractivity contribution is -0.139. The number of nitrogens with zero attached hydrogens (tertiary/aromatic N) is 2. The van der Waals surface area contributed by atoms with Crippen LogP contribution < -0.4 is 10.9 Å². The van der Waals surface area contributed by atoms with Crippen LogP contribution in [0.4, 0.5) is 0 Å². The lowest BCUT2D eigenvalue weighted by atomic mass is 9.97. The Labute approximate surface area is 117 Å². The van der Waals surface area contributed by atoms with Gasteiger partial charge in [-0.15, -0.1) is 0 Å². The molecule has 0 aromatic carbocycles. The lowest BCUT2D eigenvalue weighted by Crippen LogP contribution is -2.36. The van der Waals surface area contributed by atoms with E-state index in [4.69, 9.17) is 10.2 Å². The average Bonchev–Trinajstić information content (AvgIpc) is 2.38. The van der Waals surface area contributed by atoms with Crippen molar-refractivity contribution in [2.24, 2.45) is 21.0 Å². The number of aliphatic hydroxyl groups excluding tert-OH is 2. The molecule has 0 saturated heterocycles. The van der Waals surface area contributed by atoms with Crippen molar-refractivity contribution in [2.75, 3.05) is 13.2 Å². The molecule has 0 heterocycles. The molecule has 0 radical (unpaired) electrons. The molecule has 0 saturated carbocycles. The topological polar surface area (TPSA) is 123 Å². The van der Waals surface area contributed by atoms with E-state index in [0.29, 0.717) is 0 Å². The molecule has 0 rings (SSSR count). The molecule has 20 heavy (non-hydrogen) atoms. The van der Waals surface area contributed by atoms with Crippen molar-refractivity contribution < 1.29 is 19.8 Å². The maximum atomic E-state index is 11.3. The number of nitrogens with one attached hydrogen (secondary N) is 2. The number of hydrogen-bond acceptors (Lipinski definition) is 6. The molecule has 0 fully saturated rings. The third-order valence-corrected chi connectivity index (χ3v) is 2.18. The monoisotopic (exact) mass is 286 g/mol. The van der Waals surface area contributed by atoms with Gasteiger partial charge in [-0.1, -0.05) is 27.7 Å². The molecule has 0 aliphatic rings. The zero-order chi connectivity index (χ0) is 15.8. The summed E-state index contributed by atoms with van der Waals surface area (Å²) in [6.07, 6.45) is 2.66. The Morgan fingerprint density at radius 1 is 0.900 bits per heavy atom. The summed E-state index contributed by atoms with van der Waals surface area (Å²) in [5.74, 6) is -1.96. The van der Waals surface area contributed by atoms with Gasteiger partial charge in [0.05, 0.1) is 13.2 Å². The normalized spacial score (nSPS) is 12.9. The second-order valence-electron chi connectivity index (χ2n) is 5.69. The third-order valence-electron chi connectivity index (χ3n) is 2.18. The average molecular weight is 286 g/mol. The number of rotatable bonds is 6. The third kappa shape index (κ3) is 7.59. The molecule has 2 amide bonds. The van der Waals surface area contributed by atoms with E-state index in [2.05, 4.69) is 10.2 Å². The first-order valence-electron chi connectivity index (χ1n) is 6.04. The number of carbonyl (C=O) groups is 2. The summed E-state index contributed by atoms with van der Waals surface area (Å²) in [6.45, 7) is 6.57. The van der Waals surface area contributed by atoms with Gasteiger partial charge in [0.15, 0.2) is 0 Å². The van der Waals surface area contributed by atoms with Crippen LogP contribution in [0.15, 0.2) is 10.2 Å². The molecule has 8 heteroatoms. The van der Waals surface area contributed by atoms with Crippen LogP contribution >= 0.6 is 0 Å². The number of hydrazone groups is 2. The highest BCUT2D eigenvalue weighted by molar-refractivity contribution is 6.35. The summed E-state index contributed by atoms with van der Waals surface area (Å²) in [5.41, 5.74) is 2.86. The van der Waals surface area contributed by atoms with Gasteiger partial charge in [0.2, 0.25) is 0 Å². The minimum Gasteiger partial charge on any atom is -0.395 e. The number of aliphatic hydroxyl groups is 2. The Morgan fingerprint density at radius 2 is 1.20 bits per heavy atom. The Hall–Kier alpha value is -1.80. The first-order valence-corrected chi connectivity index (χ1v) is 6.04. The predicted molar refractivity (Wildman–Crippen MR) is 75.0 cm³/mol. The second kappa shape index (κ2) is 7.71. The highest BCUT2D eigenvalue weighted by Crippen LogP contribution is 2.09. The van der Waals surface area contributed by atoms with Gasteiger partial charge >= 0.3 is 11.8 Å². The molecular weight excluding hydrogens is 264 g/mol. The Kier molecular flexibility index (Phi) is 7.01. The van der Waals surface area contributed by atoms with E-state index in [1.807, 2.05) is 10.9 Å². The molecule has 0 aliphatic carbocycles. The number of amides is 2. The number of carbonyl (C=O) groups excluding carboxylic acids is 2. The van der Waals surface area contributed by atoms with Gasteiger partial charge in [0.1, 0.15) is 0 Å². The van der Waals surface area contributed by atoms with E-state index >= 15 is 0 Å². The van der Waals surface area contributed by atoms with Crippen LogP contribution in [-0.4, -0.2) is 47.7 Å². The fourth-order valence-electron chi connectivity index (χ4n) is 0.714. The molecular formula is C12H22N4O4. The van der Waals surface area contributed by atoms with Crippen molar-refractivity contribution in [3.63, 3.8) is 0 Å². The highest BCUT2D eigenvalue weighted by atomic mass is 16.3. The largest absolute Gasteiger partial charge is 0.395 e. The van der Waals surface area contributed by atoms with Crippen molar-refractivity contribution in [1.29, 1.82) is 0 Å². The summed E-state index contributed by atoms with van der Waals surface area (Å²) in [5, 5.41) is 25.1. The Morgan fingerprint density at radius 3 is 1.45 bits per heavy atom. The van der Waals surface area contributed by atoms with Gasteiger partial charge < -0.3 is 10.2 Å². The summed E-state index contributed by atoms with van der Waals surface area (Å²) >= 11 is 0. The minimum atomic E-state index is -0.978. The van der Waals surface area contributed by atoms with E-state index in [1.54, 1.807) is 27.7 Å². The SMILES string of the molecule is CC(C)(C=NNC(=O)C(=O)NN=CC(C)(C)CO)CO. The van der Waals surface area contributed by atoms with Crippen LogP contribution in [0.5, 0.6) is 0 Å². The van der Waals surface area contributed by atoms with Gasteiger partial charge in [-0.25, -0.2) is 10.9 Å². The maximum Gasteiger partial charge on any atom is 0.331 e. The molecule has 0 unspecified atom stereocenters. The highest BCUT2D eigenvalue weighted by Gasteiger charge is 2.16. The standard InChI is InChI=1S/C12H22N4O4/c1-11(2,7-17)5-13-15-9(19)10(20)16-14-6-12(3,4)8-18/h5-6,17-18H,7-8H2,1-4H3,(H,15,19)(H,16,20). The van der Waals surface area contributed by atoms with Crippen molar-refractivity contribution in [3.05, 3.63) is 0 Å². The molecule has 0 aromatic heterocycles. The molecule has 4 N–H and O–H groups in total. The van der Waals surface area contributed by atoms with Gasteiger partial charge in [-0.3, -0.25) is 9.59 Å². The van der Waals surface area contributed by atoms with Crippen LogP contribution in [0.25, 0.3) is 0 Å². The molecule has 0 aromatic rings. The zero-order valence-corrected chi connectivity index (χ0v) is 12.2. The Balaban J connectivity index is 4.28. The van der Waals surface area contributed by atoms with Crippen molar-refractivity contribution in [2.45, 2.75) is 27.7 Å². The van der Waals surface area contributed by atoms with Crippen LogP contribution in [-0.2, 0) is 9.59 Å². The van der Waals surface area contributed by atoms with Crippen LogP contribution in [0.3, 0.4) is 0 Å². The first kappa shape index (κ1) is 18.2. The molecule has 0 bridgehead atoms. The fraction of sp³-hybridized carbons (Fsp3) is 0.667. The minimum absolute atomic E-state index is 0.140. The zero-order valence-electron chi connectivity index (χ0n) is 12.2.